The molecule has 0 fully saturated rings. The summed E-state index contributed by atoms with van der Waals surface area (Å²) < 4.78 is 16.6. The van der Waals surface area contributed by atoms with Gasteiger partial charge in [0.1, 0.15) is 18.1 Å². The Morgan fingerprint density at radius 2 is 1.62 bits per heavy atom. The number of furan rings is 1. The van der Waals surface area contributed by atoms with E-state index in [2.05, 4.69) is 19.2 Å². The van der Waals surface area contributed by atoms with Gasteiger partial charge in [0.25, 0.3) is 0 Å². The van der Waals surface area contributed by atoms with Crippen molar-refractivity contribution < 1.29 is 23.5 Å². The average molecular weight is 536 g/mol. The van der Waals surface area contributed by atoms with Gasteiger partial charge in [-0.05, 0) is 74.6 Å². The number of nitrogens with one attached hydrogen (secondary N) is 1. The lowest BCUT2D eigenvalue weighted by Crippen LogP contribution is -2.45. The Labute approximate surface area is 231 Å². The molecule has 0 aliphatic heterocycles. The van der Waals surface area contributed by atoms with E-state index in [4.69, 9.17) is 13.9 Å². The molecule has 0 aliphatic carbocycles. The van der Waals surface area contributed by atoms with Crippen LogP contribution in [0.15, 0.2) is 59.0 Å². The van der Waals surface area contributed by atoms with Crippen LogP contribution in [-0.2, 0) is 17.8 Å². The summed E-state index contributed by atoms with van der Waals surface area (Å²) in [6.45, 7) is 9.29. The zero-order valence-electron chi connectivity index (χ0n) is 24.0. The molecule has 1 N–H and O–H groups in total. The third kappa shape index (κ3) is 9.09. The minimum Gasteiger partial charge on any atom is -0.493 e. The molecule has 0 unspecified atom stereocenters. The number of nitrogens with zero attached hydrogens (tertiary/aromatic N) is 2. The molecule has 8 heteroatoms. The van der Waals surface area contributed by atoms with Crippen molar-refractivity contribution in [3.8, 4) is 11.5 Å². The van der Waals surface area contributed by atoms with Gasteiger partial charge in [-0.25, -0.2) is 4.79 Å². The zero-order chi connectivity index (χ0) is 28.4. The van der Waals surface area contributed by atoms with Gasteiger partial charge in [-0.15, -0.1) is 0 Å². The fourth-order valence-electron chi connectivity index (χ4n) is 4.12. The molecule has 8 nitrogen and oxygen atoms in total. The molecule has 0 saturated carbocycles. The van der Waals surface area contributed by atoms with Crippen molar-refractivity contribution in [2.24, 2.45) is 5.92 Å². The third-order valence-electron chi connectivity index (χ3n) is 6.51. The van der Waals surface area contributed by atoms with Crippen LogP contribution < -0.4 is 14.8 Å². The van der Waals surface area contributed by atoms with E-state index in [1.807, 2.05) is 68.4 Å². The Bertz CT molecular complexity index is 1220. The molecule has 2 aromatic carbocycles. The second kappa shape index (κ2) is 14.3. The van der Waals surface area contributed by atoms with E-state index < -0.39 is 0 Å². The summed E-state index contributed by atoms with van der Waals surface area (Å²) in [5, 5.41) is 2.94. The lowest BCUT2D eigenvalue weighted by Gasteiger charge is -2.28. The molecular weight excluding hydrogens is 494 g/mol. The topological polar surface area (TPSA) is 84.2 Å². The van der Waals surface area contributed by atoms with Crippen LogP contribution in [0.4, 0.5) is 10.5 Å². The number of hydrogen-bond acceptors (Lipinski definition) is 5. The highest BCUT2D eigenvalue weighted by Crippen LogP contribution is 2.28. The first-order valence-corrected chi connectivity index (χ1v) is 13.3. The van der Waals surface area contributed by atoms with Crippen molar-refractivity contribution in [1.82, 2.24) is 9.80 Å². The highest BCUT2D eigenvalue weighted by atomic mass is 16.5. The van der Waals surface area contributed by atoms with Gasteiger partial charge in [-0.2, -0.15) is 0 Å². The molecule has 1 heterocycles. The minimum atomic E-state index is -0.290. The number of ether oxygens (including phenoxy) is 2. The Morgan fingerprint density at radius 3 is 2.23 bits per heavy atom. The predicted molar refractivity (Wildman–Crippen MR) is 153 cm³/mol. The first-order chi connectivity index (χ1) is 18.7. The maximum absolute atomic E-state index is 13.7. The number of carbonyl (C=O) groups is 2. The molecule has 3 amide bonds. The summed E-state index contributed by atoms with van der Waals surface area (Å²) in [5.74, 6) is 3.02. The van der Waals surface area contributed by atoms with Gasteiger partial charge >= 0.3 is 6.03 Å². The van der Waals surface area contributed by atoms with Crippen LogP contribution in [0, 0.1) is 19.8 Å². The van der Waals surface area contributed by atoms with Gasteiger partial charge in [-0.3, -0.25) is 4.79 Å². The number of rotatable bonds is 13. The van der Waals surface area contributed by atoms with Gasteiger partial charge in [0.05, 0.1) is 20.8 Å². The van der Waals surface area contributed by atoms with Crippen molar-refractivity contribution in [2.75, 3.05) is 39.2 Å². The van der Waals surface area contributed by atoms with E-state index >= 15 is 0 Å². The predicted octanol–water partition coefficient (Wildman–Crippen LogP) is 6.07. The minimum absolute atomic E-state index is 0.0317. The second-order valence-electron chi connectivity index (χ2n) is 10.2. The van der Waals surface area contributed by atoms with Crippen molar-refractivity contribution in [3.05, 3.63) is 77.2 Å². The van der Waals surface area contributed by atoms with Gasteiger partial charge in [0.2, 0.25) is 5.91 Å². The van der Waals surface area contributed by atoms with Gasteiger partial charge in [-0.1, -0.05) is 37.6 Å². The average Bonchev–Trinajstić information content (AvgIpc) is 3.33. The molecule has 0 spiro atoms. The van der Waals surface area contributed by atoms with Gasteiger partial charge in [0, 0.05) is 18.8 Å². The summed E-state index contributed by atoms with van der Waals surface area (Å²) in [5.41, 5.74) is 2.82. The van der Waals surface area contributed by atoms with Crippen LogP contribution in [0.25, 0.3) is 0 Å². The number of urea groups is 1. The summed E-state index contributed by atoms with van der Waals surface area (Å²) >= 11 is 0. The summed E-state index contributed by atoms with van der Waals surface area (Å²) in [4.78, 5) is 30.3. The first kappa shape index (κ1) is 29.6. The van der Waals surface area contributed by atoms with Gasteiger partial charge in [0.15, 0.2) is 11.5 Å². The van der Waals surface area contributed by atoms with Crippen LogP contribution >= 0.6 is 0 Å². The molecule has 0 bridgehead atoms. The van der Waals surface area contributed by atoms with E-state index in [0.717, 1.165) is 23.3 Å². The highest BCUT2D eigenvalue weighted by molar-refractivity contribution is 5.92. The van der Waals surface area contributed by atoms with E-state index in [1.54, 1.807) is 24.0 Å². The van der Waals surface area contributed by atoms with Gasteiger partial charge < -0.3 is 29.0 Å². The Kier molecular flexibility index (Phi) is 10.8. The van der Waals surface area contributed by atoms with Crippen molar-refractivity contribution in [1.29, 1.82) is 0 Å². The molecule has 0 saturated heterocycles. The third-order valence-corrected chi connectivity index (χ3v) is 6.51. The Hall–Kier alpha value is -3.94. The number of benzene rings is 2. The number of anilines is 1. The maximum Gasteiger partial charge on any atom is 0.322 e. The number of hydrogen-bond donors (Lipinski definition) is 1. The van der Waals surface area contributed by atoms with Crippen molar-refractivity contribution in [2.45, 2.75) is 47.1 Å². The fraction of sp³-hybridized carbons (Fsp3) is 0.419. The normalized spacial score (nSPS) is 10.8. The molecular formula is C31H41N3O5. The van der Waals surface area contributed by atoms with E-state index in [0.29, 0.717) is 54.9 Å². The SMILES string of the molecule is COc1ccc(CCN(Cc2ccc(C)o2)C(=O)CN(CCC(C)C)C(=O)Nc2ccc(C)cc2)cc1OC. The molecule has 0 aliphatic rings. The van der Waals surface area contributed by atoms with E-state index in [1.165, 1.54) is 0 Å². The van der Waals surface area contributed by atoms with Crippen LogP contribution in [-0.4, -0.2) is 55.6 Å². The summed E-state index contributed by atoms with van der Waals surface area (Å²) in [6, 6.07) is 16.8. The molecule has 3 aromatic rings. The summed E-state index contributed by atoms with van der Waals surface area (Å²) in [6.07, 6.45) is 1.39. The highest BCUT2D eigenvalue weighted by Gasteiger charge is 2.23. The molecule has 0 radical (unpaired) electrons. The maximum atomic E-state index is 13.7. The van der Waals surface area contributed by atoms with Crippen molar-refractivity contribution in [3.63, 3.8) is 0 Å². The number of aryl methyl sites for hydroxylation is 2. The van der Waals surface area contributed by atoms with Crippen LogP contribution in [0.1, 0.15) is 42.9 Å². The monoisotopic (exact) mass is 535 g/mol. The van der Waals surface area contributed by atoms with Crippen molar-refractivity contribution >= 4 is 17.6 Å². The lowest BCUT2D eigenvalue weighted by atomic mass is 10.1. The molecule has 210 valence electrons. The van der Waals surface area contributed by atoms with Crippen LogP contribution in [0.5, 0.6) is 11.5 Å². The number of methoxy groups -OCH3 is 2. The number of carbonyl (C=O) groups excluding carboxylic acids is 2. The lowest BCUT2D eigenvalue weighted by molar-refractivity contribution is -0.132. The Balaban J connectivity index is 1.76. The molecule has 3 rings (SSSR count). The Morgan fingerprint density at radius 1 is 0.897 bits per heavy atom. The second-order valence-corrected chi connectivity index (χ2v) is 10.2. The zero-order valence-corrected chi connectivity index (χ0v) is 24.0. The summed E-state index contributed by atoms with van der Waals surface area (Å²) in [7, 11) is 3.20. The van der Waals surface area contributed by atoms with E-state index in [9.17, 15) is 9.59 Å². The fourth-order valence-corrected chi connectivity index (χ4v) is 4.12. The largest absolute Gasteiger partial charge is 0.493 e. The molecule has 0 atom stereocenters. The number of amides is 3. The quantitative estimate of drug-likeness (QED) is 0.287. The molecule has 39 heavy (non-hydrogen) atoms. The van der Waals surface area contributed by atoms with Crippen LogP contribution in [0.2, 0.25) is 0 Å². The van der Waals surface area contributed by atoms with Crippen LogP contribution in [0.3, 0.4) is 0 Å². The standard InChI is InChI=1S/C31H41N3O5/c1-22(2)15-17-34(31(36)32-26-11-7-23(3)8-12-26)21-30(35)33(20-27-13-9-24(4)39-27)18-16-25-10-14-28(37-5)29(19-25)38-6/h7-14,19,22H,15-18,20-21H2,1-6H3,(H,32,36). The first-order valence-electron chi connectivity index (χ1n) is 13.3. The van der Waals surface area contributed by atoms with E-state index in [-0.39, 0.29) is 18.5 Å². The smallest absolute Gasteiger partial charge is 0.322 e. The molecule has 1 aromatic heterocycles.